The second kappa shape index (κ2) is 5.95. The molecule has 0 unspecified atom stereocenters. The van der Waals surface area contributed by atoms with Crippen LogP contribution < -0.4 is 0 Å². The van der Waals surface area contributed by atoms with E-state index >= 15 is 0 Å². The van der Waals surface area contributed by atoms with Crippen molar-refractivity contribution in [1.29, 1.82) is 0 Å². The number of fused-ring (bicyclic) bond motifs is 1. The van der Waals surface area contributed by atoms with Crippen LogP contribution in [-0.4, -0.2) is 34.7 Å². The lowest BCUT2D eigenvalue weighted by Crippen LogP contribution is -2.45. The fourth-order valence-electron chi connectivity index (χ4n) is 2.85. The van der Waals surface area contributed by atoms with Crippen LogP contribution in [0.5, 0.6) is 0 Å². The summed E-state index contributed by atoms with van der Waals surface area (Å²) in [7, 11) is 0. The number of ether oxygens (including phenoxy) is 1. The van der Waals surface area contributed by atoms with E-state index in [0.29, 0.717) is 25.9 Å². The van der Waals surface area contributed by atoms with Crippen molar-refractivity contribution in [2.45, 2.75) is 44.1 Å². The lowest BCUT2D eigenvalue weighted by molar-refractivity contribution is 0.0194. The summed E-state index contributed by atoms with van der Waals surface area (Å²) in [5, 5.41) is 3.23. The zero-order chi connectivity index (χ0) is 16.7. The number of pyridine rings is 1. The number of halogens is 1. The van der Waals surface area contributed by atoms with Crippen LogP contribution in [0.3, 0.4) is 0 Å². The largest absolute Gasteiger partial charge is 0.444 e. The van der Waals surface area contributed by atoms with E-state index in [1.54, 1.807) is 22.4 Å². The summed E-state index contributed by atoms with van der Waals surface area (Å²) in [4.78, 5) is 18.9. The van der Waals surface area contributed by atoms with Crippen molar-refractivity contribution in [3.05, 3.63) is 29.3 Å². The molecule has 0 aliphatic carbocycles. The van der Waals surface area contributed by atoms with Gasteiger partial charge in [0.05, 0.1) is 4.87 Å². The summed E-state index contributed by atoms with van der Waals surface area (Å²) < 4.78 is 5.44. The first-order valence-corrected chi connectivity index (χ1v) is 9.04. The average molecular weight is 353 g/mol. The van der Waals surface area contributed by atoms with Crippen LogP contribution in [0.25, 0.3) is 10.2 Å². The second-order valence-electron chi connectivity index (χ2n) is 6.94. The van der Waals surface area contributed by atoms with Gasteiger partial charge in [-0.15, -0.1) is 22.9 Å². The maximum Gasteiger partial charge on any atom is 0.410 e. The lowest BCUT2D eigenvalue weighted by atomic mass is 9.88. The summed E-state index contributed by atoms with van der Waals surface area (Å²) in [6.07, 6.45) is 2.98. The minimum atomic E-state index is -0.470. The number of carbonyl (C=O) groups excluding carboxylic acids is 1. The van der Waals surface area contributed by atoms with Gasteiger partial charge >= 0.3 is 6.09 Å². The number of aromatic nitrogens is 1. The summed E-state index contributed by atoms with van der Waals surface area (Å²) in [6.45, 7) is 6.85. The van der Waals surface area contributed by atoms with E-state index < -0.39 is 10.5 Å². The molecule has 3 rings (SSSR count). The second-order valence-corrected chi connectivity index (χ2v) is 8.52. The van der Waals surface area contributed by atoms with E-state index in [1.165, 1.54) is 0 Å². The molecule has 124 valence electrons. The van der Waals surface area contributed by atoms with Crippen LogP contribution in [0.1, 0.15) is 39.2 Å². The molecule has 0 bridgehead atoms. The van der Waals surface area contributed by atoms with Crippen molar-refractivity contribution in [2.24, 2.45) is 0 Å². The third-order valence-electron chi connectivity index (χ3n) is 4.04. The molecule has 1 aliphatic heterocycles. The van der Waals surface area contributed by atoms with Gasteiger partial charge in [-0.05, 0) is 50.6 Å². The number of hydrogen-bond donors (Lipinski definition) is 0. The molecule has 0 radical (unpaired) electrons. The Labute approximate surface area is 145 Å². The number of carbonyl (C=O) groups is 1. The highest BCUT2D eigenvalue weighted by Crippen LogP contribution is 2.44. The van der Waals surface area contributed by atoms with E-state index in [2.05, 4.69) is 16.4 Å². The molecule has 4 nitrogen and oxygen atoms in total. The molecule has 0 N–H and O–H groups in total. The molecule has 1 fully saturated rings. The zero-order valence-corrected chi connectivity index (χ0v) is 15.2. The van der Waals surface area contributed by atoms with Crippen LogP contribution >= 0.6 is 22.9 Å². The molecular weight excluding hydrogens is 332 g/mol. The number of amides is 1. The van der Waals surface area contributed by atoms with Crippen LogP contribution in [0.15, 0.2) is 23.7 Å². The van der Waals surface area contributed by atoms with Crippen LogP contribution in [0, 0.1) is 0 Å². The van der Waals surface area contributed by atoms with E-state index in [0.717, 1.165) is 15.8 Å². The normalized spacial score (nSPS) is 18.2. The van der Waals surface area contributed by atoms with Crippen molar-refractivity contribution in [2.75, 3.05) is 13.1 Å². The summed E-state index contributed by atoms with van der Waals surface area (Å²) in [5.41, 5.74) is 0.665. The third kappa shape index (κ3) is 3.45. The highest BCUT2D eigenvalue weighted by molar-refractivity contribution is 7.17. The number of rotatable bonds is 1. The highest BCUT2D eigenvalue weighted by atomic mass is 35.5. The average Bonchev–Trinajstić information content (AvgIpc) is 2.90. The van der Waals surface area contributed by atoms with Crippen molar-refractivity contribution in [3.8, 4) is 0 Å². The van der Waals surface area contributed by atoms with Gasteiger partial charge in [0.15, 0.2) is 0 Å². The van der Waals surface area contributed by atoms with Gasteiger partial charge in [-0.1, -0.05) is 6.07 Å². The molecular formula is C17H21ClN2O2S. The fourth-order valence-corrected chi connectivity index (χ4v) is 4.25. The fraction of sp³-hybridized carbons (Fsp3) is 0.529. The molecule has 1 aliphatic rings. The van der Waals surface area contributed by atoms with Gasteiger partial charge in [0, 0.05) is 24.7 Å². The van der Waals surface area contributed by atoms with Crippen molar-refractivity contribution in [3.63, 3.8) is 0 Å². The summed E-state index contributed by atoms with van der Waals surface area (Å²) in [6, 6.07) is 4.01. The Balaban J connectivity index is 1.74. The molecule has 1 amide bonds. The van der Waals surface area contributed by atoms with E-state index in [1.807, 2.05) is 26.8 Å². The molecule has 3 heterocycles. The Morgan fingerprint density at radius 1 is 1.39 bits per heavy atom. The number of hydrogen-bond acceptors (Lipinski definition) is 4. The number of piperidine rings is 1. The Bertz CT molecular complexity index is 715. The van der Waals surface area contributed by atoms with Crippen LogP contribution in [0.2, 0.25) is 0 Å². The number of thiophene rings is 1. The van der Waals surface area contributed by atoms with E-state index in [4.69, 9.17) is 16.3 Å². The monoisotopic (exact) mass is 352 g/mol. The molecule has 0 spiro atoms. The SMILES string of the molecule is CC(C)(C)OC(=O)N1CCC(Cl)(c2csc3ncccc23)CC1. The molecule has 1 saturated heterocycles. The number of likely N-dealkylation sites (tertiary alicyclic amines) is 1. The quantitative estimate of drug-likeness (QED) is 0.695. The first-order valence-electron chi connectivity index (χ1n) is 7.78. The topological polar surface area (TPSA) is 42.4 Å². The van der Waals surface area contributed by atoms with Gasteiger partial charge in [-0.25, -0.2) is 9.78 Å². The van der Waals surface area contributed by atoms with Gasteiger partial charge in [-0.2, -0.15) is 0 Å². The van der Waals surface area contributed by atoms with Crippen LogP contribution in [-0.2, 0) is 9.61 Å². The van der Waals surface area contributed by atoms with Crippen LogP contribution in [0.4, 0.5) is 4.79 Å². The van der Waals surface area contributed by atoms with E-state index in [-0.39, 0.29) is 6.09 Å². The van der Waals surface area contributed by atoms with Gasteiger partial charge in [0.1, 0.15) is 10.4 Å². The molecule has 6 heteroatoms. The minimum absolute atomic E-state index is 0.256. The Morgan fingerprint density at radius 3 is 2.74 bits per heavy atom. The molecule has 0 aromatic carbocycles. The third-order valence-corrected chi connectivity index (χ3v) is 5.52. The molecule has 23 heavy (non-hydrogen) atoms. The predicted octanol–water partition coefficient (Wildman–Crippen LogP) is 4.76. The smallest absolute Gasteiger partial charge is 0.410 e. The Morgan fingerprint density at radius 2 is 2.09 bits per heavy atom. The minimum Gasteiger partial charge on any atom is -0.444 e. The first kappa shape index (κ1) is 16.5. The lowest BCUT2D eigenvalue weighted by Gasteiger charge is -2.38. The van der Waals surface area contributed by atoms with Gasteiger partial charge in [-0.3, -0.25) is 0 Å². The molecule has 2 aromatic heterocycles. The maximum absolute atomic E-state index is 12.2. The van der Waals surface area contributed by atoms with Gasteiger partial charge in [0.2, 0.25) is 0 Å². The predicted molar refractivity (Wildman–Crippen MR) is 94.2 cm³/mol. The Hall–Kier alpha value is -1.33. The van der Waals surface area contributed by atoms with Crippen molar-refractivity contribution >= 4 is 39.2 Å². The highest BCUT2D eigenvalue weighted by Gasteiger charge is 2.38. The summed E-state index contributed by atoms with van der Waals surface area (Å²) in [5.74, 6) is 0. The van der Waals surface area contributed by atoms with Gasteiger partial charge < -0.3 is 9.64 Å². The zero-order valence-electron chi connectivity index (χ0n) is 13.6. The number of nitrogens with zero attached hydrogens (tertiary/aromatic N) is 2. The molecule has 0 atom stereocenters. The molecule has 2 aromatic rings. The standard InChI is InChI=1S/C17H21ClN2O2S/c1-16(2,3)22-15(21)20-9-6-17(18,7-10-20)13-11-23-14-12(13)5-4-8-19-14/h4-5,8,11H,6-7,9-10H2,1-3H3. The first-order chi connectivity index (χ1) is 10.8. The van der Waals surface area contributed by atoms with Gasteiger partial charge in [0.25, 0.3) is 0 Å². The summed E-state index contributed by atoms with van der Waals surface area (Å²) >= 11 is 8.54. The number of alkyl halides is 1. The maximum atomic E-state index is 12.2. The van der Waals surface area contributed by atoms with E-state index in [9.17, 15) is 4.79 Å². The van der Waals surface area contributed by atoms with Crippen molar-refractivity contribution in [1.82, 2.24) is 9.88 Å². The molecule has 0 saturated carbocycles. The Kier molecular flexibility index (Phi) is 4.27. The van der Waals surface area contributed by atoms with Crippen molar-refractivity contribution < 1.29 is 9.53 Å².